The molecule has 0 aromatic heterocycles. The number of hydrogen-bond donors (Lipinski definition) is 3. The zero-order valence-corrected chi connectivity index (χ0v) is 24.5. The maximum Gasteiger partial charge on any atom is 0.253 e. The Morgan fingerprint density at radius 2 is 1.44 bits per heavy atom. The average Bonchev–Trinajstić information content (AvgIpc) is 2.78. The van der Waals surface area contributed by atoms with Gasteiger partial charge in [-0.15, -0.1) is 0 Å². The van der Waals surface area contributed by atoms with Gasteiger partial charge in [-0.3, -0.25) is 4.79 Å². The molecule has 0 saturated carbocycles. The molecule has 2 rings (SSSR count). The summed E-state index contributed by atoms with van der Waals surface area (Å²) in [6.45, 7) is 0. The first-order valence-corrected chi connectivity index (χ1v) is 12.4. The second-order valence-electron chi connectivity index (χ2n) is 6.43. The summed E-state index contributed by atoms with van der Waals surface area (Å²) in [4.78, 5) is 13.0. The first kappa shape index (κ1) is 28.9. The van der Waals surface area contributed by atoms with Crippen molar-refractivity contribution in [1.29, 1.82) is 0 Å². The van der Waals surface area contributed by atoms with E-state index in [0.29, 0.717) is 26.1 Å². The summed E-state index contributed by atoms with van der Waals surface area (Å²) in [6.07, 6.45) is -1.21. The smallest absolute Gasteiger partial charge is 0.253 e. The third kappa shape index (κ3) is 7.32. The number of thiocarbonyl (C=S) groups is 1. The molecule has 2 aromatic rings. The van der Waals surface area contributed by atoms with E-state index in [2.05, 4.69) is 47.8 Å². The van der Waals surface area contributed by atoms with Crippen LogP contribution in [-0.4, -0.2) is 49.4 Å². The fourth-order valence-corrected chi connectivity index (χ4v) is 4.58. The van der Waals surface area contributed by atoms with E-state index < -0.39 is 15.9 Å². The van der Waals surface area contributed by atoms with Gasteiger partial charge < -0.3 is 34.9 Å². The molecule has 0 aliphatic heterocycles. The Labute approximate surface area is 234 Å². The minimum Gasteiger partial charge on any atom is -0.497 e. The lowest BCUT2D eigenvalue weighted by Crippen LogP contribution is -2.56. The van der Waals surface area contributed by atoms with Crippen LogP contribution in [0.1, 0.15) is 10.4 Å². The number of methoxy groups -OCH3 is 4. The van der Waals surface area contributed by atoms with Crippen LogP contribution in [-0.2, 0) is 0 Å². The highest BCUT2D eigenvalue weighted by Gasteiger charge is 2.35. The van der Waals surface area contributed by atoms with E-state index >= 15 is 0 Å². The normalized spacial score (nSPS) is 11.8. The number of ether oxygens (including phenoxy) is 4. The van der Waals surface area contributed by atoms with Crippen LogP contribution in [0.3, 0.4) is 0 Å². The van der Waals surface area contributed by atoms with Crippen molar-refractivity contribution in [2.45, 2.75) is 9.96 Å². The maximum absolute atomic E-state index is 13.0. The molecule has 0 aliphatic carbocycles. The number of anilines is 1. The molecular formula is C20H20Br2Cl3N3O5S. The van der Waals surface area contributed by atoms with E-state index in [4.69, 9.17) is 66.0 Å². The van der Waals surface area contributed by atoms with E-state index in [0.717, 1.165) is 0 Å². The van der Waals surface area contributed by atoms with Gasteiger partial charge in [0.15, 0.2) is 16.6 Å². The number of carbonyl (C=O) groups excluding carboxylic acids is 1. The number of benzene rings is 2. The summed E-state index contributed by atoms with van der Waals surface area (Å²) >= 11 is 30.6. The monoisotopic (exact) mass is 677 g/mol. The maximum atomic E-state index is 13.0. The van der Waals surface area contributed by atoms with Crippen molar-refractivity contribution < 1.29 is 23.7 Å². The minimum atomic E-state index is -1.96. The molecule has 0 radical (unpaired) electrons. The molecule has 0 bridgehead atoms. The molecule has 0 aliphatic rings. The molecule has 186 valence electrons. The van der Waals surface area contributed by atoms with Gasteiger partial charge in [0.2, 0.25) is 9.54 Å². The van der Waals surface area contributed by atoms with Crippen LogP contribution in [0, 0.1) is 0 Å². The quantitative estimate of drug-likeness (QED) is 0.187. The number of carbonyl (C=O) groups is 1. The minimum absolute atomic E-state index is 0.0769. The van der Waals surface area contributed by atoms with Crippen molar-refractivity contribution in [2.24, 2.45) is 0 Å². The van der Waals surface area contributed by atoms with E-state index in [9.17, 15) is 4.79 Å². The van der Waals surface area contributed by atoms with Gasteiger partial charge in [-0.25, -0.2) is 0 Å². The zero-order chi connectivity index (χ0) is 25.6. The van der Waals surface area contributed by atoms with Gasteiger partial charge in [0.05, 0.1) is 34.1 Å². The molecular weight excluding hydrogens is 660 g/mol. The van der Waals surface area contributed by atoms with E-state index in [1.807, 2.05) is 0 Å². The fourth-order valence-electron chi connectivity index (χ4n) is 2.69. The molecule has 1 atom stereocenters. The molecule has 0 unspecified atom stereocenters. The average molecular weight is 681 g/mol. The third-order valence-corrected chi connectivity index (χ3v) is 6.42. The number of hydrogen-bond acceptors (Lipinski definition) is 6. The Hall–Kier alpha value is -1.37. The van der Waals surface area contributed by atoms with Crippen LogP contribution in [0.4, 0.5) is 5.69 Å². The Kier molecular flexibility index (Phi) is 10.7. The van der Waals surface area contributed by atoms with E-state index in [1.165, 1.54) is 33.5 Å². The van der Waals surface area contributed by atoms with E-state index in [1.54, 1.807) is 19.2 Å². The van der Waals surface area contributed by atoms with Crippen molar-refractivity contribution in [1.82, 2.24) is 10.6 Å². The van der Waals surface area contributed by atoms with Crippen molar-refractivity contribution in [2.75, 3.05) is 33.8 Å². The second kappa shape index (κ2) is 12.5. The molecule has 34 heavy (non-hydrogen) atoms. The van der Waals surface area contributed by atoms with Crippen molar-refractivity contribution >= 4 is 95.6 Å². The Balaban J connectivity index is 2.25. The highest BCUT2D eigenvalue weighted by atomic mass is 79.9. The molecule has 0 fully saturated rings. The summed E-state index contributed by atoms with van der Waals surface area (Å²) in [7, 11) is 5.88. The zero-order valence-electron chi connectivity index (χ0n) is 18.2. The van der Waals surface area contributed by atoms with Crippen LogP contribution < -0.4 is 34.9 Å². The molecule has 0 saturated heterocycles. The fraction of sp³-hybridized carbons (Fsp3) is 0.300. The number of rotatable bonds is 8. The molecule has 0 spiro atoms. The molecule has 1 amide bonds. The molecule has 8 nitrogen and oxygen atoms in total. The van der Waals surface area contributed by atoms with Crippen LogP contribution in [0.15, 0.2) is 33.2 Å². The topological polar surface area (TPSA) is 90.1 Å². The van der Waals surface area contributed by atoms with Gasteiger partial charge in [-0.05, 0) is 68.3 Å². The van der Waals surface area contributed by atoms with Crippen LogP contribution in [0.5, 0.6) is 23.0 Å². The Morgan fingerprint density at radius 3 is 1.85 bits per heavy atom. The summed E-state index contributed by atoms with van der Waals surface area (Å²) in [5.41, 5.74) is 0.771. The standard InChI is InChI=1S/C20H20Br2Cl3N3O5S/c1-30-10-7-11(21)15(12(22)8-10)26-19(34)28-18(20(23,24)25)27-17(29)9-5-13(31-2)16(33-4)14(6-9)32-3/h5-8,18H,1-4H3,(H,27,29)(H2,26,28,34)/t18-/m1/s1. The van der Waals surface area contributed by atoms with Gasteiger partial charge in [-0.2, -0.15) is 0 Å². The highest BCUT2D eigenvalue weighted by molar-refractivity contribution is 9.11. The Morgan fingerprint density at radius 1 is 0.912 bits per heavy atom. The summed E-state index contributed by atoms with van der Waals surface area (Å²) in [5.74, 6) is 0.949. The number of amides is 1. The van der Waals surface area contributed by atoms with Gasteiger partial charge >= 0.3 is 0 Å². The van der Waals surface area contributed by atoms with Crippen LogP contribution in [0.2, 0.25) is 0 Å². The lowest BCUT2D eigenvalue weighted by molar-refractivity contribution is 0.0933. The van der Waals surface area contributed by atoms with Gasteiger partial charge in [-0.1, -0.05) is 34.8 Å². The third-order valence-electron chi connectivity index (χ3n) is 4.29. The predicted octanol–water partition coefficient (Wildman–Crippen LogP) is 5.66. The van der Waals surface area contributed by atoms with Gasteiger partial charge in [0.25, 0.3) is 5.91 Å². The summed E-state index contributed by atoms with van der Waals surface area (Å²) in [6, 6.07) is 6.42. The lowest BCUT2D eigenvalue weighted by Gasteiger charge is -2.28. The van der Waals surface area contributed by atoms with Crippen LogP contribution >= 0.6 is 78.9 Å². The molecule has 2 aromatic carbocycles. The number of alkyl halides is 3. The number of halogens is 5. The molecule has 3 N–H and O–H groups in total. The van der Waals surface area contributed by atoms with Crippen molar-refractivity contribution in [3.05, 3.63) is 38.8 Å². The largest absolute Gasteiger partial charge is 0.497 e. The SMILES string of the molecule is COc1cc(Br)c(NC(=S)N[C@@H](NC(=O)c2cc(OC)c(OC)c(OC)c2)C(Cl)(Cl)Cl)c(Br)c1. The molecule has 0 heterocycles. The Bertz CT molecular complexity index is 1020. The van der Waals surface area contributed by atoms with Gasteiger partial charge in [0.1, 0.15) is 11.9 Å². The first-order valence-electron chi connectivity index (χ1n) is 9.23. The number of nitrogens with one attached hydrogen (secondary N) is 3. The lowest BCUT2D eigenvalue weighted by atomic mass is 10.1. The first-order chi connectivity index (χ1) is 15.9. The van der Waals surface area contributed by atoms with Crippen molar-refractivity contribution in [3.63, 3.8) is 0 Å². The van der Waals surface area contributed by atoms with E-state index in [-0.39, 0.29) is 22.2 Å². The summed E-state index contributed by atoms with van der Waals surface area (Å²) in [5, 5.41) is 8.47. The highest BCUT2D eigenvalue weighted by Crippen LogP contribution is 2.39. The second-order valence-corrected chi connectivity index (χ2v) is 10.9. The molecule has 14 heteroatoms. The van der Waals surface area contributed by atoms with Gasteiger partial charge in [0, 0.05) is 14.5 Å². The van der Waals surface area contributed by atoms with Crippen LogP contribution in [0.25, 0.3) is 0 Å². The predicted molar refractivity (Wildman–Crippen MR) is 145 cm³/mol. The summed E-state index contributed by atoms with van der Waals surface area (Å²) < 4.78 is 20.4. The van der Waals surface area contributed by atoms with Crippen molar-refractivity contribution in [3.8, 4) is 23.0 Å².